The van der Waals surface area contributed by atoms with Gasteiger partial charge in [0.05, 0.1) is 31.5 Å². The van der Waals surface area contributed by atoms with Crippen molar-refractivity contribution in [3.8, 4) is 12.1 Å². The van der Waals surface area contributed by atoms with Gasteiger partial charge in [0.1, 0.15) is 0 Å². The molecule has 0 saturated carbocycles. The molecule has 1 aromatic rings. The highest BCUT2D eigenvalue weighted by Crippen LogP contribution is 2.29. The number of hydrogen-bond donors (Lipinski definition) is 0. The van der Waals surface area contributed by atoms with E-state index in [1.54, 1.807) is 4.90 Å². The van der Waals surface area contributed by atoms with Crippen LogP contribution in [0.5, 0.6) is 0 Å². The Kier molecular flexibility index (Phi) is 6.26. The fraction of sp³-hybridized carbons (Fsp3) is 0.471. The van der Waals surface area contributed by atoms with Gasteiger partial charge in [-0.1, -0.05) is 11.6 Å². The molecule has 23 heavy (non-hydrogen) atoms. The van der Waals surface area contributed by atoms with Crippen molar-refractivity contribution >= 4 is 23.2 Å². The number of hydrogen-bond acceptors (Lipinski definition) is 4. The molecule has 0 aromatic heterocycles. The Hall–Kier alpha value is -2.24. The Morgan fingerprint density at radius 3 is 2.61 bits per heavy atom. The van der Waals surface area contributed by atoms with E-state index >= 15 is 0 Å². The van der Waals surface area contributed by atoms with Crippen molar-refractivity contribution in [2.75, 3.05) is 31.1 Å². The number of aryl methyl sites for hydroxylation is 1. The van der Waals surface area contributed by atoms with Gasteiger partial charge in [0.2, 0.25) is 5.91 Å². The summed E-state index contributed by atoms with van der Waals surface area (Å²) in [6, 6.07) is 9.85. The molecule has 1 aliphatic heterocycles. The number of carbonyl (C=O) groups is 1. The molecular formula is C17H19ClN4O. The second kappa shape index (κ2) is 8.41. The van der Waals surface area contributed by atoms with Gasteiger partial charge in [-0.15, -0.1) is 0 Å². The molecule has 0 saturated heterocycles. The average Bonchev–Trinajstić information content (AvgIpc) is 2.54. The van der Waals surface area contributed by atoms with Crippen molar-refractivity contribution in [2.24, 2.45) is 0 Å². The van der Waals surface area contributed by atoms with Gasteiger partial charge in [0.25, 0.3) is 0 Å². The van der Waals surface area contributed by atoms with Gasteiger partial charge in [-0.25, -0.2) is 0 Å². The third kappa shape index (κ3) is 4.61. The fourth-order valence-electron chi connectivity index (χ4n) is 2.80. The summed E-state index contributed by atoms with van der Waals surface area (Å²) < 4.78 is 0. The molecule has 0 atom stereocenters. The third-order valence-electron chi connectivity index (χ3n) is 3.92. The van der Waals surface area contributed by atoms with E-state index in [1.165, 1.54) is 0 Å². The zero-order chi connectivity index (χ0) is 16.7. The number of amides is 1. The van der Waals surface area contributed by atoms with Crippen molar-refractivity contribution in [3.63, 3.8) is 0 Å². The first-order valence-corrected chi connectivity index (χ1v) is 8.08. The Morgan fingerprint density at radius 1 is 1.26 bits per heavy atom. The van der Waals surface area contributed by atoms with E-state index in [9.17, 15) is 4.79 Å². The molecular weight excluding hydrogens is 312 g/mol. The molecule has 1 aromatic carbocycles. The number of rotatable bonds is 6. The van der Waals surface area contributed by atoms with Crippen LogP contribution in [0.25, 0.3) is 0 Å². The van der Waals surface area contributed by atoms with Crippen molar-refractivity contribution in [2.45, 2.75) is 25.7 Å². The van der Waals surface area contributed by atoms with Crippen LogP contribution >= 0.6 is 11.6 Å². The van der Waals surface area contributed by atoms with Crippen LogP contribution in [-0.4, -0.2) is 37.0 Å². The lowest BCUT2D eigenvalue weighted by atomic mass is 10.0. The topological polar surface area (TPSA) is 71.1 Å². The Balaban J connectivity index is 2.07. The summed E-state index contributed by atoms with van der Waals surface area (Å²) in [6.07, 6.45) is 2.51. The first kappa shape index (κ1) is 17.1. The Bertz CT molecular complexity index is 629. The summed E-state index contributed by atoms with van der Waals surface area (Å²) in [5.41, 5.74) is 2.21. The zero-order valence-corrected chi connectivity index (χ0v) is 13.7. The molecule has 1 amide bonds. The van der Waals surface area contributed by atoms with Crippen LogP contribution in [0.1, 0.15) is 24.8 Å². The molecule has 6 heteroatoms. The molecule has 2 rings (SSSR count). The minimum atomic E-state index is -0.0432. The summed E-state index contributed by atoms with van der Waals surface area (Å²) in [6.45, 7) is 1.84. The monoisotopic (exact) mass is 330 g/mol. The number of nitrogens with zero attached hydrogens (tertiary/aromatic N) is 4. The number of anilines is 1. The highest BCUT2D eigenvalue weighted by atomic mass is 35.5. The summed E-state index contributed by atoms with van der Waals surface area (Å²) in [4.78, 5) is 16.2. The van der Waals surface area contributed by atoms with Gasteiger partial charge < -0.3 is 9.80 Å². The van der Waals surface area contributed by atoms with Crippen LogP contribution < -0.4 is 4.90 Å². The molecule has 1 aliphatic rings. The van der Waals surface area contributed by atoms with E-state index in [2.05, 4.69) is 4.90 Å². The molecule has 120 valence electrons. The standard InChI is InChI=1S/C17H19ClN4O/c18-15-5-6-16-14(12-15)4-1-9-22(16)13-17(23)21(10-2-7-19)11-3-8-20/h5-6,12H,1-4,9-11,13H2. The number of halogens is 1. The van der Waals surface area contributed by atoms with Crippen molar-refractivity contribution in [3.05, 3.63) is 28.8 Å². The van der Waals surface area contributed by atoms with E-state index in [-0.39, 0.29) is 25.3 Å². The molecule has 0 bridgehead atoms. The van der Waals surface area contributed by atoms with Gasteiger partial charge in [0.15, 0.2) is 0 Å². The molecule has 0 radical (unpaired) electrons. The lowest BCUT2D eigenvalue weighted by Crippen LogP contribution is -2.43. The largest absolute Gasteiger partial charge is 0.362 e. The van der Waals surface area contributed by atoms with Crippen LogP contribution in [0.2, 0.25) is 5.02 Å². The van der Waals surface area contributed by atoms with E-state index < -0.39 is 0 Å². The second-order valence-electron chi connectivity index (χ2n) is 5.50. The van der Waals surface area contributed by atoms with E-state index in [1.807, 2.05) is 30.3 Å². The Labute approximate surface area is 141 Å². The van der Waals surface area contributed by atoms with E-state index in [0.717, 1.165) is 30.6 Å². The summed E-state index contributed by atoms with van der Waals surface area (Å²) >= 11 is 6.04. The molecule has 0 aliphatic carbocycles. The van der Waals surface area contributed by atoms with Gasteiger partial charge in [-0.2, -0.15) is 10.5 Å². The van der Waals surface area contributed by atoms with Crippen LogP contribution in [0.3, 0.4) is 0 Å². The number of fused-ring (bicyclic) bond motifs is 1. The van der Waals surface area contributed by atoms with Crippen LogP contribution in [0, 0.1) is 22.7 Å². The number of nitriles is 2. The predicted octanol–water partition coefficient (Wildman–Crippen LogP) is 2.75. The third-order valence-corrected chi connectivity index (χ3v) is 4.16. The molecule has 0 spiro atoms. The summed E-state index contributed by atoms with van der Waals surface area (Å²) in [5, 5.41) is 18.2. The summed E-state index contributed by atoms with van der Waals surface area (Å²) in [5.74, 6) is -0.0432. The molecule has 5 nitrogen and oxygen atoms in total. The van der Waals surface area contributed by atoms with Crippen molar-refractivity contribution < 1.29 is 4.79 Å². The molecule has 0 unspecified atom stereocenters. The normalized spacial score (nSPS) is 12.9. The number of carbonyl (C=O) groups excluding carboxylic acids is 1. The highest BCUT2D eigenvalue weighted by Gasteiger charge is 2.22. The smallest absolute Gasteiger partial charge is 0.242 e. The molecule has 0 fully saturated rings. The maximum Gasteiger partial charge on any atom is 0.242 e. The lowest BCUT2D eigenvalue weighted by Gasteiger charge is -2.32. The summed E-state index contributed by atoms with van der Waals surface area (Å²) in [7, 11) is 0. The van der Waals surface area contributed by atoms with Crippen LogP contribution in [-0.2, 0) is 11.2 Å². The lowest BCUT2D eigenvalue weighted by molar-refractivity contribution is -0.129. The van der Waals surface area contributed by atoms with Crippen molar-refractivity contribution in [1.29, 1.82) is 10.5 Å². The molecule has 1 heterocycles. The highest BCUT2D eigenvalue weighted by molar-refractivity contribution is 6.30. The first-order chi connectivity index (χ1) is 11.2. The van der Waals surface area contributed by atoms with Gasteiger partial charge in [-0.3, -0.25) is 4.79 Å². The average molecular weight is 331 g/mol. The fourth-order valence-corrected chi connectivity index (χ4v) is 3.00. The van der Waals surface area contributed by atoms with Gasteiger partial charge >= 0.3 is 0 Å². The van der Waals surface area contributed by atoms with Crippen LogP contribution in [0.4, 0.5) is 5.69 Å². The first-order valence-electron chi connectivity index (χ1n) is 7.70. The van der Waals surface area contributed by atoms with Gasteiger partial charge in [0, 0.05) is 30.3 Å². The second-order valence-corrected chi connectivity index (χ2v) is 5.93. The quantitative estimate of drug-likeness (QED) is 0.804. The molecule has 0 N–H and O–H groups in total. The van der Waals surface area contributed by atoms with Crippen molar-refractivity contribution in [1.82, 2.24) is 4.90 Å². The zero-order valence-electron chi connectivity index (χ0n) is 13.0. The van der Waals surface area contributed by atoms with E-state index in [4.69, 9.17) is 22.1 Å². The van der Waals surface area contributed by atoms with Crippen LogP contribution in [0.15, 0.2) is 18.2 Å². The minimum absolute atomic E-state index is 0.0432. The Morgan fingerprint density at radius 2 is 1.96 bits per heavy atom. The minimum Gasteiger partial charge on any atom is -0.362 e. The maximum absolute atomic E-state index is 12.5. The predicted molar refractivity (Wildman–Crippen MR) is 89.0 cm³/mol. The number of benzene rings is 1. The maximum atomic E-state index is 12.5. The van der Waals surface area contributed by atoms with Gasteiger partial charge in [-0.05, 0) is 36.6 Å². The SMILES string of the molecule is N#CCCN(CCC#N)C(=O)CN1CCCc2cc(Cl)ccc21. The van der Waals surface area contributed by atoms with E-state index in [0.29, 0.717) is 18.1 Å².